The average molecular weight is 327 g/mol. The molecule has 3 aromatic rings. The summed E-state index contributed by atoms with van der Waals surface area (Å²) in [5.74, 6) is 2.48. The third-order valence-electron chi connectivity index (χ3n) is 4.22. The van der Waals surface area contributed by atoms with Crippen molar-refractivity contribution in [3.8, 4) is 11.5 Å². The smallest absolute Gasteiger partial charge is 0.231 e. The van der Waals surface area contributed by atoms with Crippen LogP contribution in [-0.2, 0) is 0 Å². The van der Waals surface area contributed by atoms with E-state index in [9.17, 15) is 0 Å². The van der Waals surface area contributed by atoms with E-state index in [0.717, 1.165) is 33.1 Å². The Morgan fingerprint density at radius 2 is 2.00 bits per heavy atom. The van der Waals surface area contributed by atoms with Gasteiger partial charge in [-0.25, -0.2) is 9.97 Å². The number of anilines is 1. The molecule has 1 aromatic carbocycles. The van der Waals surface area contributed by atoms with Crippen LogP contribution in [0.5, 0.6) is 11.5 Å². The molecule has 0 fully saturated rings. The van der Waals surface area contributed by atoms with E-state index in [-0.39, 0.29) is 6.04 Å². The van der Waals surface area contributed by atoms with Crippen molar-refractivity contribution in [1.82, 2.24) is 9.97 Å². The van der Waals surface area contributed by atoms with Gasteiger partial charge in [-0.1, -0.05) is 6.07 Å². The molecule has 0 radical (unpaired) electrons. The molecule has 0 saturated carbocycles. The topological polar surface area (TPSA) is 56.3 Å². The Morgan fingerprint density at radius 1 is 1.17 bits per heavy atom. The highest BCUT2D eigenvalue weighted by molar-refractivity contribution is 7.18. The summed E-state index contributed by atoms with van der Waals surface area (Å²) >= 11 is 1.70. The van der Waals surface area contributed by atoms with E-state index in [0.29, 0.717) is 6.79 Å². The minimum atomic E-state index is 0.0993. The molecule has 3 heterocycles. The predicted octanol–water partition coefficient (Wildman–Crippen LogP) is 4.21. The average Bonchev–Trinajstić information content (AvgIpc) is 3.12. The number of fused-ring (bicyclic) bond motifs is 2. The van der Waals surface area contributed by atoms with Crippen LogP contribution in [-0.4, -0.2) is 16.8 Å². The van der Waals surface area contributed by atoms with Crippen LogP contribution in [0.4, 0.5) is 5.82 Å². The zero-order chi connectivity index (χ0) is 16.0. The first kappa shape index (κ1) is 14.3. The van der Waals surface area contributed by atoms with Gasteiger partial charge < -0.3 is 14.8 Å². The molecule has 5 nitrogen and oxygen atoms in total. The highest BCUT2D eigenvalue weighted by Crippen LogP contribution is 2.36. The molecule has 4 rings (SSSR count). The molecule has 0 bridgehead atoms. The number of aromatic nitrogens is 2. The number of nitrogens with one attached hydrogen (secondary N) is 1. The van der Waals surface area contributed by atoms with Gasteiger partial charge in [-0.2, -0.15) is 0 Å². The molecule has 2 aromatic heterocycles. The fraction of sp³-hybridized carbons (Fsp3) is 0.294. The van der Waals surface area contributed by atoms with Gasteiger partial charge in [0.1, 0.15) is 17.0 Å². The Labute approximate surface area is 138 Å². The lowest BCUT2D eigenvalue weighted by molar-refractivity contribution is 0.174. The Hall–Kier alpha value is -2.34. The number of benzene rings is 1. The van der Waals surface area contributed by atoms with Gasteiger partial charge in [0, 0.05) is 4.88 Å². The summed E-state index contributed by atoms with van der Waals surface area (Å²) in [6.07, 6.45) is 1.62. The molecular weight excluding hydrogens is 310 g/mol. The fourth-order valence-corrected chi connectivity index (χ4v) is 3.76. The van der Waals surface area contributed by atoms with Crippen molar-refractivity contribution in [2.24, 2.45) is 0 Å². The van der Waals surface area contributed by atoms with Gasteiger partial charge >= 0.3 is 0 Å². The zero-order valence-electron chi connectivity index (χ0n) is 13.2. The fourth-order valence-electron chi connectivity index (χ4n) is 2.76. The van der Waals surface area contributed by atoms with Crippen LogP contribution in [0.2, 0.25) is 0 Å². The second-order valence-corrected chi connectivity index (χ2v) is 6.87. The molecule has 1 atom stereocenters. The summed E-state index contributed by atoms with van der Waals surface area (Å²) in [5.41, 5.74) is 2.37. The minimum Gasteiger partial charge on any atom is -0.454 e. The molecule has 118 valence electrons. The molecule has 6 heteroatoms. The van der Waals surface area contributed by atoms with Gasteiger partial charge in [-0.05, 0) is 44.0 Å². The number of hydrogen-bond acceptors (Lipinski definition) is 6. The highest BCUT2D eigenvalue weighted by atomic mass is 32.1. The van der Waals surface area contributed by atoms with Crippen LogP contribution < -0.4 is 14.8 Å². The summed E-state index contributed by atoms with van der Waals surface area (Å²) < 4.78 is 10.8. The maximum atomic E-state index is 5.46. The lowest BCUT2D eigenvalue weighted by Gasteiger charge is -2.16. The van der Waals surface area contributed by atoms with E-state index in [1.807, 2.05) is 12.1 Å². The predicted molar refractivity (Wildman–Crippen MR) is 91.5 cm³/mol. The van der Waals surface area contributed by atoms with Crippen molar-refractivity contribution in [1.29, 1.82) is 0 Å². The maximum Gasteiger partial charge on any atom is 0.231 e. The third-order valence-corrected chi connectivity index (χ3v) is 5.33. The van der Waals surface area contributed by atoms with E-state index in [2.05, 4.69) is 42.1 Å². The second-order valence-electron chi connectivity index (χ2n) is 5.66. The second kappa shape index (κ2) is 5.38. The lowest BCUT2D eigenvalue weighted by Crippen LogP contribution is -2.08. The minimum absolute atomic E-state index is 0.0993. The first-order chi connectivity index (χ1) is 11.1. The van der Waals surface area contributed by atoms with E-state index in [1.54, 1.807) is 17.7 Å². The largest absolute Gasteiger partial charge is 0.454 e. The van der Waals surface area contributed by atoms with Gasteiger partial charge in [-0.15, -0.1) is 11.3 Å². The molecule has 0 unspecified atom stereocenters. The number of hydrogen-bond donors (Lipinski definition) is 1. The normalized spacial score (nSPS) is 14.2. The molecule has 0 aliphatic carbocycles. The van der Waals surface area contributed by atoms with E-state index >= 15 is 0 Å². The molecule has 0 amide bonds. The van der Waals surface area contributed by atoms with Gasteiger partial charge in [0.05, 0.1) is 11.4 Å². The molecular formula is C17H17N3O2S. The van der Waals surface area contributed by atoms with Crippen molar-refractivity contribution in [2.45, 2.75) is 26.8 Å². The Balaban J connectivity index is 1.68. The number of nitrogens with zero attached hydrogens (tertiary/aromatic N) is 2. The quantitative estimate of drug-likeness (QED) is 0.781. The summed E-state index contributed by atoms with van der Waals surface area (Å²) in [6.45, 7) is 6.64. The monoisotopic (exact) mass is 327 g/mol. The molecule has 1 aliphatic heterocycles. The molecule has 0 saturated heterocycles. The Bertz CT molecular complexity index is 891. The highest BCUT2D eigenvalue weighted by Gasteiger charge is 2.18. The van der Waals surface area contributed by atoms with Gasteiger partial charge in [0.2, 0.25) is 6.79 Å². The van der Waals surface area contributed by atoms with Crippen LogP contribution in [0.15, 0.2) is 24.5 Å². The van der Waals surface area contributed by atoms with Gasteiger partial charge in [0.25, 0.3) is 0 Å². The third kappa shape index (κ3) is 2.39. The van der Waals surface area contributed by atoms with Crippen molar-refractivity contribution >= 4 is 27.4 Å². The van der Waals surface area contributed by atoms with E-state index < -0.39 is 0 Å². The first-order valence-electron chi connectivity index (χ1n) is 7.50. The van der Waals surface area contributed by atoms with Crippen molar-refractivity contribution in [3.05, 3.63) is 40.5 Å². The summed E-state index contributed by atoms with van der Waals surface area (Å²) in [5, 5.41) is 4.62. The molecule has 1 aliphatic rings. The van der Waals surface area contributed by atoms with Crippen LogP contribution in [0.1, 0.15) is 29.0 Å². The molecule has 23 heavy (non-hydrogen) atoms. The lowest BCUT2D eigenvalue weighted by atomic mass is 10.1. The summed E-state index contributed by atoms with van der Waals surface area (Å²) in [4.78, 5) is 11.1. The SMILES string of the molecule is Cc1sc2ncnc(N[C@@H](C)c3ccc4c(c3)OCO4)c2c1C. The van der Waals surface area contributed by atoms with Crippen LogP contribution in [0.25, 0.3) is 10.2 Å². The van der Waals surface area contributed by atoms with Crippen LogP contribution in [0.3, 0.4) is 0 Å². The number of thiophene rings is 1. The van der Waals surface area contributed by atoms with Gasteiger partial charge in [-0.3, -0.25) is 0 Å². The van der Waals surface area contributed by atoms with E-state index in [1.165, 1.54) is 10.4 Å². The van der Waals surface area contributed by atoms with Crippen molar-refractivity contribution < 1.29 is 9.47 Å². The molecule has 0 spiro atoms. The van der Waals surface area contributed by atoms with Crippen LogP contribution in [0, 0.1) is 13.8 Å². The first-order valence-corrected chi connectivity index (χ1v) is 8.32. The molecule has 1 N–H and O–H groups in total. The van der Waals surface area contributed by atoms with Crippen molar-refractivity contribution in [3.63, 3.8) is 0 Å². The number of rotatable bonds is 3. The van der Waals surface area contributed by atoms with Crippen LogP contribution >= 0.6 is 11.3 Å². The number of aryl methyl sites for hydroxylation is 2. The summed E-state index contributed by atoms with van der Waals surface area (Å²) in [6, 6.07) is 6.12. The zero-order valence-corrected chi connectivity index (χ0v) is 14.0. The Morgan fingerprint density at radius 3 is 2.87 bits per heavy atom. The maximum absolute atomic E-state index is 5.46. The summed E-state index contributed by atoms with van der Waals surface area (Å²) in [7, 11) is 0. The number of ether oxygens (including phenoxy) is 2. The standard InChI is InChI=1S/C17H17N3O2S/c1-9-11(3)23-17-15(9)16(18-7-19-17)20-10(2)12-4-5-13-14(6-12)22-8-21-13/h4-7,10H,8H2,1-3H3,(H,18,19,20)/t10-/m0/s1. The van der Waals surface area contributed by atoms with Gasteiger partial charge in [0.15, 0.2) is 11.5 Å². The van der Waals surface area contributed by atoms with E-state index in [4.69, 9.17) is 9.47 Å². The van der Waals surface area contributed by atoms with Crippen molar-refractivity contribution in [2.75, 3.05) is 12.1 Å². The Kier molecular flexibility index (Phi) is 3.34.